The van der Waals surface area contributed by atoms with Crippen LogP contribution in [0.25, 0.3) is 0 Å². The van der Waals surface area contributed by atoms with E-state index in [-0.39, 0.29) is 12.1 Å². The second-order valence-corrected chi connectivity index (χ2v) is 7.32. The molecule has 1 saturated heterocycles. The molecule has 0 bridgehead atoms. The quantitative estimate of drug-likeness (QED) is 0.437. The summed E-state index contributed by atoms with van der Waals surface area (Å²) in [7, 11) is 0. The van der Waals surface area contributed by atoms with E-state index < -0.39 is 15.3 Å². The summed E-state index contributed by atoms with van der Waals surface area (Å²) in [5.74, 6) is -0.958. The van der Waals surface area contributed by atoms with Gasteiger partial charge in [-0.1, -0.05) is 0 Å². The van der Waals surface area contributed by atoms with Crippen molar-refractivity contribution in [3.05, 3.63) is 0 Å². The number of hydrogen-bond acceptors (Lipinski definition) is 2. The van der Waals surface area contributed by atoms with Crippen LogP contribution in [0.2, 0.25) is 0 Å². The molecule has 1 aliphatic rings. The Morgan fingerprint density at radius 3 is 1.33 bits per heavy atom. The Hall–Kier alpha value is -0.100. The second kappa shape index (κ2) is 4.05. The summed E-state index contributed by atoms with van der Waals surface area (Å²) in [4.78, 5) is 26.5. The summed E-state index contributed by atoms with van der Waals surface area (Å²) in [6, 6.07) is -0.104. The van der Waals surface area contributed by atoms with E-state index in [1.165, 1.54) is 9.80 Å². The van der Waals surface area contributed by atoms with Crippen LogP contribution in [0.5, 0.6) is 0 Å². The van der Waals surface area contributed by atoms with Crippen LogP contribution in [0.3, 0.4) is 0 Å². The van der Waals surface area contributed by atoms with E-state index in [0.29, 0.717) is 0 Å². The van der Waals surface area contributed by atoms with Gasteiger partial charge in [-0.15, -0.1) is 0 Å². The van der Waals surface area contributed by atoms with Crippen LogP contribution in [0.15, 0.2) is 0 Å². The van der Waals surface area contributed by atoms with E-state index in [1.54, 1.807) is 0 Å². The molecule has 0 N–H and O–H groups in total. The molecule has 0 aromatic carbocycles. The molecule has 2 amide bonds. The number of rotatable bonds is 2. The summed E-state index contributed by atoms with van der Waals surface area (Å²) < 4.78 is -0.892. The zero-order valence-corrected chi connectivity index (χ0v) is 12.3. The zero-order valence-electron chi connectivity index (χ0n) is 9.12. The number of halogens is 2. The van der Waals surface area contributed by atoms with Gasteiger partial charge in [-0.2, -0.15) is 0 Å². The fraction of sp³-hybridized carbons (Fsp3) is 0.778. The zero-order chi connectivity index (χ0) is 12.0. The molecule has 0 saturated carbocycles. The van der Waals surface area contributed by atoms with E-state index in [9.17, 15) is 9.59 Å². The highest BCUT2D eigenvalue weighted by molar-refractivity contribution is 9.25. The Balaban J connectivity index is 3.16. The van der Waals surface area contributed by atoms with Crippen molar-refractivity contribution in [2.24, 2.45) is 0 Å². The minimum Gasteiger partial charge on any atom is -0.290 e. The molecule has 0 radical (unpaired) electrons. The van der Waals surface area contributed by atoms with Crippen LogP contribution < -0.4 is 0 Å². The van der Waals surface area contributed by atoms with Gasteiger partial charge in [-0.25, -0.2) is 0 Å². The predicted octanol–water partition coefficient (Wildman–Crippen LogP) is 1.88. The Labute approximate surface area is 106 Å². The molecule has 0 aliphatic carbocycles. The molecule has 6 heteroatoms. The Morgan fingerprint density at radius 2 is 1.20 bits per heavy atom. The van der Waals surface area contributed by atoms with Crippen molar-refractivity contribution in [3.63, 3.8) is 0 Å². The van der Waals surface area contributed by atoms with Gasteiger partial charge >= 0.3 is 11.8 Å². The molecule has 0 aromatic heterocycles. The third-order valence-electron chi connectivity index (χ3n) is 2.23. The number of hydrogen-bond donors (Lipinski definition) is 0. The minimum absolute atomic E-state index is 0.0519. The van der Waals surface area contributed by atoms with Crippen LogP contribution in [0, 0.1) is 0 Å². The van der Waals surface area contributed by atoms with E-state index >= 15 is 0 Å². The summed E-state index contributed by atoms with van der Waals surface area (Å²) in [5.41, 5.74) is 0. The first-order valence-electron chi connectivity index (χ1n) is 4.76. The minimum atomic E-state index is -0.892. The average Bonchev–Trinajstić information content (AvgIpc) is 2.17. The smallest absolute Gasteiger partial charge is 0.290 e. The largest absolute Gasteiger partial charge is 0.315 e. The first-order valence-corrected chi connectivity index (χ1v) is 6.34. The Kier molecular flexibility index (Phi) is 3.50. The van der Waals surface area contributed by atoms with Gasteiger partial charge < -0.3 is 0 Å². The second-order valence-electron chi connectivity index (χ2n) is 4.05. The van der Waals surface area contributed by atoms with Crippen molar-refractivity contribution in [1.82, 2.24) is 9.80 Å². The summed E-state index contributed by atoms with van der Waals surface area (Å²) >= 11 is 6.77. The average molecular weight is 342 g/mol. The number of alkyl halides is 2. The maximum Gasteiger partial charge on any atom is 0.315 e. The summed E-state index contributed by atoms with van der Waals surface area (Å²) in [5, 5.41) is 0. The van der Waals surface area contributed by atoms with Crippen molar-refractivity contribution >= 4 is 43.7 Å². The van der Waals surface area contributed by atoms with Crippen molar-refractivity contribution in [3.8, 4) is 0 Å². The third kappa shape index (κ3) is 1.93. The van der Waals surface area contributed by atoms with Gasteiger partial charge in [0.15, 0.2) is 0 Å². The lowest BCUT2D eigenvalue weighted by molar-refractivity contribution is -0.144. The van der Waals surface area contributed by atoms with Crippen LogP contribution >= 0.6 is 31.9 Å². The molecule has 1 fully saturated rings. The molecule has 0 atom stereocenters. The standard InChI is InChI=1S/C9H14Br2N2O2/c1-5(2)12-7(14)8(15)13(6(3)4)9(12,10)11/h5-6H,1-4H3. The molecule has 0 spiro atoms. The lowest BCUT2D eigenvalue weighted by Gasteiger charge is -2.37. The highest BCUT2D eigenvalue weighted by Crippen LogP contribution is 2.42. The Morgan fingerprint density at radius 1 is 0.933 bits per heavy atom. The Bertz CT molecular complexity index is 274. The molecule has 1 aliphatic heterocycles. The monoisotopic (exact) mass is 340 g/mol. The highest BCUT2D eigenvalue weighted by Gasteiger charge is 2.55. The van der Waals surface area contributed by atoms with Gasteiger partial charge in [0.2, 0.25) is 3.48 Å². The lowest BCUT2D eigenvalue weighted by atomic mass is 10.3. The SMILES string of the molecule is CC(C)N1C(=O)C(=O)N(C(C)C)C1(Br)Br. The van der Waals surface area contributed by atoms with Gasteiger partial charge in [0.25, 0.3) is 0 Å². The molecule has 0 unspecified atom stereocenters. The van der Waals surface area contributed by atoms with Crippen LogP contribution in [0.1, 0.15) is 27.7 Å². The highest BCUT2D eigenvalue weighted by atomic mass is 79.9. The lowest BCUT2D eigenvalue weighted by Crippen LogP contribution is -2.49. The third-order valence-corrected chi connectivity index (χ3v) is 3.76. The summed E-state index contributed by atoms with van der Waals surface area (Å²) in [6.07, 6.45) is 0. The first kappa shape index (κ1) is 13.0. The molecule has 15 heavy (non-hydrogen) atoms. The van der Waals surface area contributed by atoms with Gasteiger partial charge in [-0.3, -0.25) is 19.4 Å². The molecule has 86 valence electrons. The molecular formula is C9H14Br2N2O2. The van der Waals surface area contributed by atoms with Gasteiger partial charge in [-0.05, 0) is 59.6 Å². The molecule has 1 rings (SSSR count). The van der Waals surface area contributed by atoms with Crippen LogP contribution in [0.4, 0.5) is 0 Å². The fourth-order valence-electron chi connectivity index (χ4n) is 1.66. The maximum atomic E-state index is 11.8. The van der Waals surface area contributed by atoms with Gasteiger partial charge in [0.05, 0.1) is 0 Å². The van der Waals surface area contributed by atoms with Crippen molar-refractivity contribution in [1.29, 1.82) is 0 Å². The van der Waals surface area contributed by atoms with Crippen molar-refractivity contribution < 1.29 is 9.59 Å². The topological polar surface area (TPSA) is 40.6 Å². The fourth-order valence-corrected chi connectivity index (χ4v) is 3.94. The van der Waals surface area contributed by atoms with E-state index in [4.69, 9.17) is 0 Å². The molecule has 0 aromatic rings. The number of carbonyl (C=O) groups excluding carboxylic acids is 2. The van der Waals surface area contributed by atoms with E-state index in [0.717, 1.165) is 0 Å². The van der Waals surface area contributed by atoms with Crippen LogP contribution in [-0.4, -0.2) is 37.2 Å². The van der Waals surface area contributed by atoms with Crippen molar-refractivity contribution in [2.75, 3.05) is 0 Å². The summed E-state index contributed by atoms with van der Waals surface area (Å²) in [6.45, 7) is 7.47. The van der Waals surface area contributed by atoms with Gasteiger partial charge in [0.1, 0.15) is 0 Å². The number of amides is 2. The molecule has 4 nitrogen and oxygen atoms in total. The van der Waals surface area contributed by atoms with E-state index in [2.05, 4.69) is 31.9 Å². The van der Waals surface area contributed by atoms with Gasteiger partial charge in [0, 0.05) is 12.1 Å². The van der Waals surface area contributed by atoms with Crippen molar-refractivity contribution in [2.45, 2.75) is 43.3 Å². The van der Waals surface area contributed by atoms with E-state index in [1.807, 2.05) is 27.7 Å². The first-order chi connectivity index (χ1) is 6.71. The number of carbonyl (C=O) groups is 2. The normalized spacial score (nSPS) is 21.1. The number of nitrogens with zero attached hydrogens (tertiary/aromatic N) is 2. The maximum absolute atomic E-state index is 11.8. The molecular weight excluding hydrogens is 328 g/mol. The predicted molar refractivity (Wildman–Crippen MR) is 64.5 cm³/mol. The molecule has 1 heterocycles. The van der Waals surface area contributed by atoms with Crippen LogP contribution in [-0.2, 0) is 9.59 Å².